The van der Waals surface area contributed by atoms with Crippen molar-refractivity contribution in [2.75, 3.05) is 18.0 Å². The third kappa shape index (κ3) is 7.86. The van der Waals surface area contributed by atoms with Gasteiger partial charge in [0.2, 0.25) is 5.91 Å². The summed E-state index contributed by atoms with van der Waals surface area (Å²) in [5, 5.41) is 0.823. The average Bonchev–Trinajstić information content (AvgIpc) is 2.87. The van der Waals surface area contributed by atoms with E-state index >= 15 is 0 Å². The Hall–Kier alpha value is -3.30. The summed E-state index contributed by atoms with van der Waals surface area (Å²) in [7, 11) is 0. The summed E-state index contributed by atoms with van der Waals surface area (Å²) in [4.78, 5) is 21.4. The van der Waals surface area contributed by atoms with Gasteiger partial charge in [-0.2, -0.15) is 26.3 Å². The molecule has 0 bridgehead atoms. The SMILES string of the molecule is CCCCN(CC)c1nc2ccccc2cc1CN(Cc1cc(C(F)(F)F)cc(C(F)(F)F)c1)C(=O)CCC. The highest BCUT2D eigenvalue weighted by Gasteiger charge is 2.37. The number of unbranched alkanes of at least 4 members (excludes halogenated alkanes) is 1. The van der Waals surface area contributed by atoms with Crippen molar-refractivity contribution in [2.45, 2.75) is 71.9 Å². The van der Waals surface area contributed by atoms with Crippen LogP contribution < -0.4 is 4.90 Å². The Morgan fingerprint density at radius 1 is 0.846 bits per heavy atom. The molecular weight excluding hydrogens is 520 g/mol. The molecule has 0 aliphatic heterocycles. The Balaban J connectivity index is 2.09. The van der Waals surface area contributed by atoms with Gasteiger partial charge >= 0.3 is 12.4 Å². The Kier molecular flexibility index (Phi) is 9.85. The number of alkyl halides is 6. The van der Waals surface area contributed by atoms with Crippen LogP contribution in [0.5, 0.6) is 0 Å². The fraction of sp³-hybridized carbons (Fsp3) is 0.448. The van der Waals surface area contributed by atoms with Gasteiger partial charge in [-0.3, -0.25) is 4.79 Å². The first-order valence-electron chi connectivity index (χ1n) is 13.1. The lowest BCUT2D eigenvalue weighted by atomic mass is 10.0. The molecule has 0 unspecified atom stereocenters. The van der Waals surface area contributed by atoms with E-state index in [1.165, 1.54) is 4.90 Å². The van der Waals surface area contributed by atoms with E-state index in [0.717, 1.165) is 30.3 Å². The number of benzene rings is 2. The smallest absolute Gasteiger partial charge is 0.357 e. The summed E-state index contributed by atoms with van der Waals surface area (Å²) >= 11 is 0. The summed E-state index contributed by atoms with van der Waals surface area (Å²) in [6.07, 6.45) is -7.49. The number of carbonyl (C=O) groups excluding carboxylic acids is 1. The molecule has 0 aliphatic rings. The fourth-order valence-corrected chi connectivity index (χ4v) is 4.44. The molecular formula is C29H33F6N3O. The first-order chi connectivity index (χ1) is 18.4. The Morgan fingerprint density at radius 2 is 1.49 bits per heavy atom. The number of nitrogens with zero attached hydrogens (tertiary/aromatic N) is 3. The number of pyridine rings is 1. The molecule has 212 valence electrons. The number of rotatable bonds is 11. The van der Waals surface area contributed by atoms with Crippen molar-refractivity contribution in [3.8, 4) is 0 Å². The van der Waals surface area contributed by atoms with Gasteiger partial charge in [0.15, 0.2) is 0 Å². The zero-order chi connectivity index (χ0) is 28.8. The minimum atomic E-state index is -4.97. The number of hydrogen-bond acceptors (Lipinski definition) is 3. The van der Waals surface area contributed by atoms with E-state index in [1.807, 2.05) is 37.3 Å². The van der Waals surface area contributed by atoms with Crippen LogP contribution in [0.2, 0.25) is 0 Å². The molecule has 4 nitrogen and oxygen atoms in total. The molecule has 1 aromatic heterocycles. The predicted molar refractivity (Wildman–Crippen MR) is 140 cm³/mol. The Bertz CT molecular complexity index is 1240. The van der Waals surface area contributed by atoms with Gasteiger partial charge in [0.05, 0.1) is 16.6 Å². The fourth-order valence-electron chi connectivity index (χ4n) is 4.44. The summed E-state index contributed by atoms with van der Waals surface area (Å²) in [6, 6.07) is 10.8. The molecule has 39 heavy (non-hydrogen) atoms. The quantitative estimate of drug-likeness (QED) is 0.225. The average molecular weight is 554 g/mol. The number of hydrogen-bond donors (Lipinski definition) is 0. The molecule has 0 saturated heterocycles. The number of fused-ring (bicyclic) bond motifs is 1. The highest BCUT2D eigenvalue weighted by Crippen LogP contribution is 2.37. The Morgan fingerprint density at radius 3 is 2.05 bits per heavy atom. The molecule has 3 aromatic rings. The maximum Gasteiger partial charge on any atom is 0.416 e. The number of halogens is 6. The second-order valence-electron chi connectivity index (χ2n) is 9.51. The van der Waals surface area contributed by atoms with Crippen molar-refractivity contribution in [1.29, 1.82) is 0 Å². The summed E-state index contributed by atoms with van der Waals surface area (Å²) in [5.41, 5.74) is -1.61. The van der Waals surface area contributed by atoms with E-state index in [1.54, 1.807) is 6.92 Å². The largest absolute Gasteiger partial charge is 0.416 e. The van der Waals surface area contributed by atoms with E-state index in [9.17, 15) is 31.1 Å². The van der Waals surface area contributed by atoms with E-state index in [-0.39, 0.29) is 30.5 Å². The summed E-state index contributed by atoms with van der Waals surface area (Å²) in [5.74, 6) is 0.290. The van der Waals surface area contributed by atoms with Gasteiger partial charge in [-0.05, 0) is 55.7 Å². The van der Waals surface area contributed by atoms with Crippen LogP contribution in [-0.4, -0.2) is 28.9 Å². The van der Waals surface area contributed by atoms with Crippen molar-refractivity contribution in [3.05, 3.63) is 70.8 Å². The number of carbonyl (C=O) groups is 1. The van der Waals surface area contributed by atoms with E-state index in [2.05, 4.69) is 11.8 Å². The van der Waals surface area contributed by atoms with Crippen LogP contribution in [0.4, 0.5) is 32.2 Å². The van der Waals surface area contributed by atoms with Crippen molar-refractivity contribution >= 4 is 22.6 Å². The molecule has 1 heterocycles. The molecule has 0 N–H and O–H groups in total. The Labute approximate surface area is 224 Å². The third-order valence-corrected chi connectivity index (χ3v) is 6.44. The van der Waals surface area contributed by atoms with Crippen LogP contribution >= 0.6 is 0 Å². The molecule has 1 amide bonds. The van der Waals surface area contributed by atoms with Gasteiger partial charge in [0.25, 0.3) is 0 Å². The van der Waals surface area contributed by atoms with Gasteiger partial charge in [-0.15, -0.1) is 0 Å². The number of aromatic nitrogens is 1. The molecule has 0 saturated carbocycles. The number of amides is 1. The predicted octanol–water partition coefficient (Wildman–Crippen LogP) is 8.23. The molecule has 0 aliphatic carbocycles. The normalized spacial score (nSPS) is 12.1. The van der Waals surface area contributed by atoms with Crippen LogP contribution in [-0.2, 0) is 30.2 Å². The van der Waals surface area contributed by atoms with Gasteiger partial charge in [-0.25, -0.2) is 4.98 Å². The number of anilines is 1. The highest BCUT2D eigenvalue weighted by molar-refractivity contribution is 5.82. The van der Waals surface area contributed by atoms with Gasteiger partial charge < -0.3 is 9.80 Å². The lowest BCUT2D eigenvalue weighted by molar-refractivity contribution is -0.143. The second-order valence-corrected chi connectivity index (χ2v) is 9.51. The molecule has 0 spiro atoms. The molecule has 0 atom stereocenters. The first-order valence-corrected chi connectivity index (χ1v) is 13.1. The van der Waals surface area contributed by atoms with Gasteiger partial charge in [-0.1, -0.05) is 38.5 Å². The van der Waals surface area contributed by atoms with E-state index in [0.29, 0.717) is 36.5 Å². The van der Waals surface area contributed by atoms with Crippen LogP contribution in [0.3, 0.4) is 0 Å². The minimum Gasteiger partial charge on any atom is -0.357 e. The van der Waals surface area contributed by atoms with Crippen LogP contribution in [0.1, 0.15) is 68.7 Å². The van der Waals surface area contributed by atoms with Crippen molar-refractivity contribution in [1.82, 2.24) is 9.88 Å². The van der Waals surface area contributed by atoms with Gasteiger partial charge in [0.1, 0.15) is 5.82 Å². The molecule has 10 heteroatoms. The molecule has 0 radical (unpaired) electrons. The molecule has 0 fully saturated rings. The molecule has 2 aromatic carbocycles. The van der Waals surface area contributed by atoms with Crippen molar-refractivity contribution in [2.24, 2.45) is 0 Å². The van der Waals surface area contributed by atoms with Gasteiger partial charge in [0, 0.05) is 43.5 Å². The van der Waals surface area contributed by atoms with E-state index in [4.69, 9.17) is 4.98 Å². The minimum absolute atomic E-state index is 0.00772. The first kappa shape index (κ1) is 30.2. The maximum atomic E-state index is 13.5. The van der Waals surface area contributed by atoms with Crippen LogP contribution in [0.15, 0.2) is 48.5 Å². The lowest BCUT2D eigenvalue weighted by Gasteiger charge is -2.29. The summed E-state index contributed by atoms with van der Waals surface area (Å²) < 4.78 is 80.8. The third-order valence-electron chi connectivity index (χ3n) is 6.44. The lowest BCUT2D eigenvalue weighted by Crippen LogP contribution is -2.32. The second kappa shape index (κ2) is 12.7. The van der Waals surface area contributed by atoms with E-state index < -0.39 is 30.0 Å². The zero-order valence-electron chi connectivity index (χ0n) is 22.3. The van der Waals surface area contributed by atoms with Crippen LogP contribution in [0.25, 0.3) is 10.9 Å². The number of para-hydroxylation sites is 1. The monoisotopic (exact) mass is 553 g/mol. The summed E-state index contributed by atoms with van der Waals surface area (Å²) in [6.45, 7) is 6.79. The zero-order valence-corrected chi connectivity index (χ0v) is 22.3. The maximum absolute atomic E-state index is 13.5. The topological polar surface area (TPSA) is 36.4 Å². The van der Waals surface area contributed by atoms with Crippen LogP contribution in [0, 0.1) is 0 Å². The molecule has 3 rings (SSSR count). The van der Waals surface area contributed by atoms with Crippen molar-refractivity contribution in [3.63, 3.8) is 0 Å². The highest BCUT2D eigenvalue weighted by atomic mass is 19.4. The van der Waals surface area contributed by atoms with Crippen molar-refractivity contribution < 1.29 is 31.1 Å². The standard InChI is InChI=1S/C29H33F6N3O/c1-4-7-13-37(6-3)27-22(16-21-11-8-9-12-25(21)36-27)19-38(26(39)10-5-2)18-20-14-23(28(30,31)32)17-24(15-20)29(33,34)35/h8-9,11-12,14-17H,4-7,10,13,18-19H2,1-3H3.